The van der Waals surface area contributed by atoms with Crippen LogP contribution in [0.3, 0.4) is 0 Å². The summed E-state index contributed by atoms with van der Waals surface area (Å²) in [5.41, 5.74) is 11.4. The van der Waals surface area contributed by atoms with Gasteiger partial charge in [-0.25, -0.2) is 0 Å². The standard InChI is InChI=1S/C72H74O16.CH4/c73-29-37-81-59-17-5-49(6-18-59)55-13-25-67(85-41-33-77)63(45-55)71(64-46-56(14-26-68(64)86-42-34-78)50-7-19-60(20-8-50)82-38-30-74)53-1-2-54(4-3-53)72(65-47-57(15-27-69(65)87-43-35-79)51-9-21-61(22-10-51)83-39-31-75)66-48-58(16-28-70(66)88-44-36-80)52-11-23-62(24-12-52)84-40-32-76;/h1-28,45-48,71-80H,29-44H2;1H4. The van der Waals surface area contributed by atoms with Crippen molar-refractivity contribution in [1.82, 2.24) is 0 Å². The van der Waals surface area contributed by atoms with Crippen molar-refractivity contribution in [2.75, 3.05) is 106 Å². The number of hydrogen-bond donors (Lipinski definition) is 8. The minimum Gasteiger partial charge on any atom is -0.491 e. The first-order chi connectivity index (χ1) is 43.3. The van der Waals surface area contributed by atoms with E-state index in [2.05, 4.69) is 48.5 Å². The second kappa shape index (κ2) is 34.0. The molecular formula is C73H78O16. The van der Waals surface area contributed by atoms with Crippen molar-refractivity contribution in [3.8, 4) is 90.5 Å². The lowest BCUT2D eigenvalue weighted by Gasteiger charge is -2.27. The summed E-state index contributed by atoms with van der Waals surface area (Å²) in [5, 5.41) is 78.8. The van der Waals surface area contributed by atoms with Crippen LogP contribution in [-0.4, -0.2) is 147 Å². The van der Waals surface area contributed by atoms with Crippen LogP contribution in [0.5, 0.6) is 46.0 Å². The highest BCUT2D eigenvalue weighted by Gasteiger charge is 2.30. The molecule has 0 aromatic heterocycles. The van der Waals surface area contributed by atoms with Crippen LogP contribution < -0.4 is 37.9 Å². The number of ether oxygens (including phenoxy) is 8. The third-order valence-corrected chi connectivity index (χ3v) is 14.5. The summed E-state index contributed by atoms with van der Waals surface area (Å²) in [6, 6.07) is 62.3. The van der Waals surface area contributed by atoms with Crippen molar-refractivity contribution in [3.63, 3.8) is 0 Å². The van der Waals surface area contributed by atoms with E-state index in [1.54, 1.807) is 0 Å². The first kappa shape index (κ1) is 66.0. The fraction of sp³-hybridized carbons (Fsp3) is 0.260. The number of benzene rings is 9. The Kier molecular flexibility index (Phi) is 25.2. The molecule has 466 valence electrons. The van der Waals surface area contributed by atoms with Gasteiger partial charge in [0.1, 0.15) is 98.9 Å². The fourth-order valence-electron chi connectivity index (χ4n) is 10.5. The van der Waals surface area contributed by atoms with Gasteiger partial charge in [-0.2, -0.15) is 0 Å². The lowest BCUT2D eigenvalue weighted by atomic mass is 9.79. The van der Waals surface area contributed by atoms with Crippen molar-refractivity contribution in [1.29, 1.82) is 0 Å². The van der Waals surface area contributed by atoms with Gasteiger partial charge in [0.25, 0.3) is 0 Å². The molecule has 0 aliphatic rings. The molecule has 16 heteroatoms. The predicted molar refractivity (Wildman–Crippen MR) is 343 cm³/mol. The molecule has 0 bridgehead atoms. The topological polar surface area (TPSA) is 236 Å². The van der Waals surface area contributed by atoms with Gasteiger partial charge in [-0.3, -0.25) is 0 Å². The largest absolute Gasteiger partial charge is 0.491 e. The number of aliphatic hydroxyl groups excluding tert-OH is 8. The Bertz CT molecular complexity index is 3120. The second-order valence-corrected chi connectivity index (χ2v) is 20.2. The van der Waals surface area contributed by atoms with E-state index < -0.39 is 11.8 Å². The molecule has 0 spiro atoms. The average molecular weight is 1210 g/mol. The van der Waals surface area contributed by atoms with Gasteiger partial charge in [0.05, 0.1) is 52.9 Å². The summed E-state index contributed by atoms with van der Waals surface area (Å²) in [5.74, 6) is 3.11. The van der Waals surface area contributed by atoms with Crippen LogP contribution in [0.1, 0.15) is 52.6 Å². The lowest BCUT2D eigenvalue weighted by Crippen LogP contribution is -2.13. The smallest absolute Gasteiger partial charge is 0.123 e. The average Bonchev–Trinajstić information content (AvgIpc) is 1.48. The second-order valence-electron chi connectivity index (χ2n) is 20.2. The SMILES string of the molecule is C.OCCOc1ccc(-c2ccc(OCCO)c(C(c3ccc(C(c4cc(-c5ccc(OCCO)cc5)ccc4OCCO)c4cc(-c5ccc(OCCO)cc5)ccc4OCCO)cc3)c3cc(-c4ccc(OCCO)cc4)ccc3OCCO)c2)cc1. The van der Waals surface area contributed by atoms with Gasteiger partial charge in [-0.05, 0) is 153 Å². The summed E-state index contributed by atoms with van der Waals surface area (Å²) >= 11 is 0. The van der Waals surface area contributed by atoms with Crippen LogP contribution in [0.4, 0.5) is 0 Å². The van der Waals surface area contributed by atoms with Crippen LogP contribution in [0.25, 0.3) is 44.5 Å². The monoisotopic (exact) mass is 1210 g/mol. The van der Waals surface area contributed by atoms with E-state index in [4.69, 9.17) is 37.9 Å². The van der Waals surface area contributed by atoms with Crippen LogP contribution in [0.2, 0.25) is 0 Å². The van der Waals surface area contributed by atoms with Crippen LogP contribution >= 0.6 is 0 Å². The molecule has 0 radical (unpaired) electrons. The highest BCUT2D eigenvalue weighted by atomic mass is 16.5. The molecular weight excluding hydrogens is 1130 g/mol. The lowest BCUT2D eigenvalue weighted by molar-refractivity contribution is 0.198. The Hall–Kier alpha value is -8.94. The number of rotatable bonds is 34. The molecule has 0 fully saturated rings. The zero-order chi connectivity index (χ0) is 61.5. The zero-order valence-corrected chi connectivity index (χ0v) is 48.8. The molecule has 0 unspecified atom stereocenters. The van der Waals surface area contributed by atoms with Crippen molar-refractivity contribution < 1.29 is 78.7 Å². The van der Waals surface area contributed by atoms with E-state index in [9.17, 15) is 40.9 Å². The molecule has 89 heavy (non-hydrogen) atoms. The molecule has 9 aromatic rings. The third kappa shape index (κ3) is 17.2. The highest BCUT2D eigenvalue weighted by Crippen LogP contribution is 2.48. The molecule has 0 saturated carbocycles. The molecule has 0 aliphatic heterocycles. The van der Waals surface area contributed by atoms with E-state index in [0.29, 0.717) is 46.0 Å². The molecule has 0 amide bonds. The minimum atomic E-state index is -0.652. The first-order valence-electron chi connectivity index (χ1n) is 29.3. The molecule has 8 N–H and O–H groups in total. The fourth-order valence-corrected chi connectivity index (χ4v) is 10.5. The normalized spacial score (nSPS) is 11.1. The van der Waals surface area contributed by atoms with E-state index in [1.807, 2.05) is 146 Å². The number of hydrogen-bond acceptors (Lipinski definition) is 16. The Morgan fingerprint density at radius 3 is 0.584 bits per heavy atom. The Morgan fingerprint density at radius 2 is 0.393 bits per heavy atom. The Labute approximate surface area is 519 Å². The van der Waals surface area contributed by atoms with Gasteiger partial charge in [0.2, 0.25) is 0 Å². The first-order valence-corrected chi connectivity index (χ1v) is 29.3. The molecule has 0 aliphatic carbocycles. The summed E-state index contributed by atoms with van der Waals surface area (Å²) in [4.78, 5) is 0. The summed E-state index contributed by atoms with van der Waals surface area (Å²) < 4.78 is 48.7. The van der Waals surface area contributed by atoms with E-state index in [1.165, 1.54) is 0 Å². The zero-order valence-electron chi connectivity index (χ0n) is 48.8. The highest BCUT2D eigenvalue weighted by molar-refractivity contribution is 5.74. The maximum Gasteiger partial charge on any atom is 0.123 e. The molecule has 0 atom stereocenters. The number of aliphatic hydroxyl groups is 8. The summed E-state index contributed by atoms with van der Waals surface area (Å²) in [7, 11) is 0. The van der Waals surface area contributed by atoms with Crippen molar-refractivity contribution in [2.24, 2.45) is 0 Å². The van der Waals surface area contributed by atoms with E-state index in [-0.39, 0.29) is 113 Å². The van der Waals surface area contributed by atoms with Crippen LogP contribution in [-0.2, 0) is 0 Å². The van der Waals surface area contributed by atoms with Crippen molar-refractivity contribution in [2.45, 2.75) is 19.3 Å². The van der Waals surface area contributed by atoms with Gasteiger partial charge >= 0.3 is 0 Å². The van der Waals surface area contributed by atoms with Gasteiger partial charge in [-0.15, -0.1) is 0 Å². The van der Waals surface area contributed by atoms with Crippen LogP contribution in [0.15, 0.2) is 194 Å². The molecule has 9 aromatic carbocycles. The van der Waals surface area contributed by atoms with Crippen molar-refractivity contribution in [3.05, 3.63) is 228 Å². The molecule has 0 saturated heterocycles. The van der Waals surface area contributed by atoms with Gasteiger partial charge < -0.3 is 78.7 Å². The summed E-state index contributed by atoms with van der Waals surface area (Å²) in [6.45, 7) is -0.923. The Morgan fingerprint density at radius 1 is 0.213 bits per heavy atom. The van der Waals surface area contributed by atoms with E-state index >= 15 is 0 Å². The quantitative estimate of drug-likeness (QED) is 0.0175. The summed E-state index contributed by atoms with van der Waals surface area (Å²) in [6.07, 6.45) is 0. The van der Waals surface area contributed by atoms with Crippen LogP contribution in [0, 0.1) is 0 Å². The Balaban J connectivity index is 0.0000102. The predicted octanol–water partition coefficient (Wildman–Crippen LogP) is 10.3. The van der Waals surface area contributed by atoms with Gasteiger partial charge in [0, 0.05) is 34.1 Å². The molecule has 9 rings (SSSR count). The van der Waals surface area contributed by atoms with Gasteiger partial charge in [-0.1, -0.05) is 104 Å². The maximum absolute atomic E-state index is 10.2. The molecule has 16 nitrogen and oxygen atoms in total. The maximum atomic E-state index is 10.2. The van der Waals surface area contributed by atoms with E-state index in [0.717, 1.165) is 77.9 Å². The minimum absolute atomic E-state index is 0. The molecule has 0 heterocycles. The van der Waals surface area contributed by atoms with Gasteiger partial charge in [0.15, 0.2) is 0 Å². The van der Waals surface area contributed by atoms with Crippen molar-refractivity contribution >= 4 is 0 Å². The third-order valence-electron chi connectivity index (χ3n) is 14.5.